The summed E-state index contributed by atoms with van der Waals surface area (Å²) in [4.78, 5) is 20.0. The van der Waals surface area contributed by atoms with Crippen molar-refractivity contribution in [3.05, 3.63) is 71.2 Å². The Morgan fingerprint density at radius 1 is 1.00 bits per heavy atom. The average molecular weight is 446 g/mol. The van der Waals surface area contributed by atoms with E-state index in [1.165, 1.54) is 6.33 Å². The molecule has 1 aliphatic carbocycles. The molecule has 2 aliphatic rings. The number of hydrogen-bond donors (Lipinski definition) is 1. The SMILES string of the molecule is COc1ccc([C@H]2CC(=O)C3=C(C2)Nc2ncnn2[C@H]3c2ccc(N(C)C)cc2)cc1OC. The summed E-state index contributed by atoms with van der Waals surface area (Å²) in [5.41, 5.74) is 4.84. The highest BCUT2D eigenvalue weighted by Crippen LogP contribution is 2.45. The van der Waals surface area contributed by atoms with Crippen molar-refractivity contribution in [2.75, 3.05) is 38.5 Å². The van der Waals surface area contributed by atoms with Crippen LogP contribution in [0.25, 0.3) is 0 Å². The molecule has 1 aliphatic heterocycles. The standard InChI is InChI=1S/C25H27N5O3/c1-29(2)18-8-5-15(6-9-18)24-23-19(28-25-26-14-27-30(24)25)11-17(12-20(23)31)16-7-10-21(32-3)22(13-16)33-4/h5-10,13-14,17,24H,11-12H2,1-4H3,(H,26,27,28)/t17-,24+/m1/s1. The first-order chi connectivity index (χ1) is 16.0. The number of nitrogens with zero attached hydrogens (tertiary/aromatic N) is 4. The number of benzene rings is 2. The number of nitrogens with one attached hydrogen (secondary N) is 1. The minimum absolute atomic E-state index is 0.0368. The van der Waals surface area contributed by atoms with Gasteiger partial charge in [0.05, 0.1) is 14.2 Å². The van der Waals surface area contributed by atoms with Crippen LogP contribution in [0.3, 0.4) is 0 Å². The van der Waals surface area contributed by atoms with Gasteiger partial charge in [0.2, 0.25) is 5.95 Å². The predicted octanol–water partition coefficient (Wildman–Crippen LogP) is 3.78. The van der Waals surface area contributed by atoms with Gasteiger partial charge in [0.25, 0.3) is 0 Å². The summed E-state index contributed by atoms with van der Waals surface area (Å²) in [7, 11) is 7.26. The van der Waals surface area contributed by atoms with Gasteiger partial charge in [-0.25, -0.2) is 4.68 Å². The molecule has 8 nitrogen and oxygen atoms in total. The molecule has 0 bridgehead atoms. The Bertz CT molecular complexity index is 1230. The van der Waals surface area contributed by atoms with E-state index in [0.717, 1.165) is 28.1 Å². The molecular weight excluding hydrogens is 418 g/mol. The number of methoxy groups -OCH3 is 2. The fourth-order valence-electron chi connectivity index (χ4n) is 4.76. The predicted molar refractivity (Wildman–Crippen MR) is 126 cm³/mol. The number of ether oxygens (including phenoxy) is 2. The van der Waals surface area contributed by atoms with Crippen LogP contribution in [0.5, 0.6) is 11.5 Å². The second kappa shape index (κ2) is 8.27. The Morgan fingerprint density at radius 2 is 1.73 bits per heavy atom. The van der Waals surface area contributed by atoms with Crippen molar-refractivity contribution in [1.82, 2.24) is 14.8 Å². The Hall–Kier alpha value is -3.81. The molecule has 0 saturated heterocycles. The van der Waals surface area contributed by atoms with Crippen LogP contribution < -0.4 is 19.7 Å². The third kappa shape index (κ3) is 3.61. The zero-order valence-electron chi connectivity index (χ0n) is 19.2. The van der Waals surface area contributed by atoms with Gasteiger partial charge in [0, 0.05) is 37.5 Å². The highest BCUT2D eigenvalue weighted by Gasteiger charge is 2.39. The van der Waals surface area contributed by atoms with Crippen LogP contribution in [0.2, 0.25) is 0 Å². The molecule has 5 rings (SSSR count). The number of aromatic nitrogens is 3. The van der Waals surface area contributed by atoms with Crippen LogP contribution in [0.4, 0.5) is 11.6 Å². The van der Waals surface area contributed by atoms with Crippen LogP contribution in [0.1, 0.15) is 35.9 Å². The lowest BCUT2D eigenvalue weighted by Gasteiger charge is -2.35. The first kappa shape index (κ1) is 21.1. The highest BCUT2D eigenvalue weighted by atomic mass is 16.5. The first-order valence-corrected chi connectivity index (χ1v) is 10.9. The van der Waals surface area contributed by atoms with E-state index in [0.29, 0.717) is 30.3 Å². The summed E-state index contributed by atoms with van der Waals surface area (Å²) < 4.78 is 12.6. The number of anilines is 2. The number of carbonyl (C=O) groups is 1. The largest absolute Gasteiger partial charge is 0.493 e. The van der Waals surface area contributed by atoms with Gasteiger partial charge in [-0.15, -0.1) is 0 Å². The molecular formula is C25H27N5O3. The van der Waals surface area contributed by atoms with Gasteiger partial charge in [-0.3, -0.25) is 4.79 Å². The van der Waals surface area contributed by atoms with E-state index in [2.05, 4.69) is 44.6 Å². The fourth-order valence-corrected chi connectivity index (χ4v) is 4.76. The monoisotopic (exact) mass is 445 g/mol. The molecule has 8 heteroatoms. The number of Topliss-reactive ketones (excluding diaryl/α,β-unsaturated/α-hetero) is 1. The van der Waals surface area contributed by atoms with Gasteiger partial charge in [-0.2, -0.15) is 10.1 Å². The molecule has 33 heavy (non-hydrogen) atoms. The Labute approximate surface area is 192 Å². The number of rotatable bonds is 5. The van der Waals surface area contributed by atoms with Crippen LogP contribution >= 0.6 is 0 Å². The van der Waals surface area contributed by atoms with E-state index in [4.69, 9.17) is 9.47 Å². The maximum absolute atomic E-state index is 13.6. The summed E-state index contributed by atoms with van der Waals surface area (Å²) >= 11 is 0. The van der Waals surface area contributed by atoms with Crippen molar-refractivity contribution in [3.8, 4) is 11.5 Å². The van der Waals surface area contributed by atoms with Crippen LogP contribution in [0.15, 0.2) is 60.1 Å². The molecule has 0 amide bonds. The van der Waals surface area contributed by atoms with Gasteiger partial charge in [-0.1, -0.05) is 18.2 Å². The number of carbonyl (C=O) groups excluding carboxylic acids is 1. The Morgan fingerprint density at radius 3 is 2.42 bits per heavy atom. The van der Waals surface area contributed by atoms with Crippen molar-refractivity contribution in [3.63, 3.8) is 0 Å². The molecule has 1 aromatic heterocycles. The zero-order chi connectivity index (χ0) is 23.1. The Balaban J connectivity index is 1.53. The summed E-state index contributed by atoms with van der Waals surface area (Å²) in [6, 6.07) is 13.8. The summed E-state index contributed by atoms with van der Waals surface area (Å²) in [5.74, 6) is 2.14. The average Bonchev–Trinajstić information content (AvgIpc) is 3.30. The second-order valence-corrected chi connectivity index (χ2v) is 8.58. The second-order valence-electron chi connectivity index (χ2n) is 8.58. The zero-order valence-corrected chi connectivity index (χ0v) is 19.2. The molecule has 0 saturated carbocycles. The minimum Gasteiger partial charge on any atom is -0.493 e. The van der Waals surface area contributed by atoms with Crippen molar-refractivity contribution in [2.24, 2.45) is 0 Å². The maximum atomic E-state index is 13.6. The molecule has 0 fully saturated rings. The van der Waals surface area contributed by atoms with E-state index < -0.39 is 0 Å². The van der Waals surface area contributed by atoms with Crippen LogP contribution in [-0.2, 0) is 4.79 Å². The molecule has 2 heterocycles. The maximum Gasteiger partial charge on any atom is 0.226 e. The summed E-state index contributed by atoms with van der Waals surface area (Å²) in [6.07, 6.45) is 2.65. The van der Waals surface area contributed by atoms with Gasteiger partial charge in [-0.05, 0) is 47.7 Å². The first-order valence-electron chi connectivity index (χ1n) is 10.9. The molecule has 0 spiro atoms. The quantitative estimate of drug-likeness (QED) is 0.640. The van der Waals surface area contributed by atoms with Gasteiger partial charge < -0.3 is 19.7 Å². The van der Waals surface area contributed by atoms with E-state index in [-0.39, 0.29) is 17.7 Å². The van der Waals surface area contributed by atoms with Crippen LogP contribution in [-0.4, -0.2) is 48.9 Å². The molecule has 2 atom stereocenters. The van der Waals surface area contributed by atoms with Gasteiger partial charge in [0.1, 0.15) is 12.4 Å². The normalized spacial score (nSPS) is 19.5. The third-order valence-electron chi connectivity index (χ3n) is 6.47. The lowest BCUT2D eigenvalue weighted by molar-refractivity contribution is -0.116. The van der Waals surface area contributed by atoms with Crippen molar-refractivity contribution < 1.29 is 14.3 Å². The van der Waals surface area contributed by atoms with Gasteiger partial charge >= 0.3 is 0 Å². The highest BCUT2D eigenvalue weighted by molar-refractivity contribution is 6.00. The van der Waals surface area contributed by atoms with Crippen LogP contribution in [0, 0.1) is 0 Å². The number of hydrogen-bond acceptors (Lipinski definition) is 7. The van der Waals surface area contributed by atoms with Gasteiger partial charge in [0.15, 0.2) is 17.3 Å². The molecule has 0 unspecified atom stereocenters. The molecule has 170 valence electrons. The van der Waals surface area contributed by atoms with E-state index in [1.807, 2.05) is 32.3 Å². The Kier molecular flexibility index (Phi) is 5.28. The van der Waals surface area contributed by atoms with E-state index >= 15 is 0 Å². The molecule has 2 aromatic carbocycles. The third-order valence-corrected chi connectivity index (χ3v) is 6.47. The van der Waals surface area contributed by atoms with E-state index in [9.17, 15) is 4.79 Å². The minimum atomic E-state index is -0.297. The number of ketones is 1. The molecule has 3 aromatic rings. The van der Waals surface area contributed by atoms with Crippen molar-refractivity contribution in [1.29, 1.82) is 0 Å². The summed E-state index contributed by atoms with van der Waals surface area (Å²) in [6.45, 7) is 0. The summed E-state index contributed by atoms with van der Waals surface area (Å²) in [5, 5.41) is 7.81. The lowest BCUT2D eigenvalue weighted by atomic mass is 9.78. The van der Waals surface area contributed by atoms with E-state index in [1.54, 1.807) is 18.9 Å². The molecule has 1 N–H and O–H groups in total. The van der Waals surface area contributed by atoms with Crippen molar-refractivity contribution in [2.45, 2.75) is 24.8 Å². The van der Waals surface area contributed by atoms with Crippen molar-refractivity contribution >= 4 is 17.4 Å². The smallest absolute Gasteiger partial charge is 0.226 e. The fraction of sp³-hybridized carbons (Fsp3) is 0.320. The lowest BCUT2D eigenvalue weighted by Crippen LogP contribution is -2.33. The topological polar surface area (TPSA) is 81.5 Å². The number of fused-ring (bicyclic) bond motifs is 1. The molecule has 0 radical (unpaired) electrons. The number of allylic oxidation sites excluding steroid dienone is 2.